The highest BCUT2D eigenvalue weighted by molar-refractivity contribution is 7.19. The molecule has 0 amide bonds. The third-order valence-electron chi connectivity index (χ3n) is 13.1. The SMILES string of the molecule is c1ccc(-c2ccc(N(c3ccc(-c4ccccc4)cc3)c3ccc(-c4sc(-c5ccc(N(c6ccc(-c7ccccc7)cc6)c6ccc(-c7ccccc7)cc6)cc5)c5c4OCCO5)cc3)cc2)cc1. The van der Waals surface area contributed by atoms with E-state index >= 15 is 0 Å². The van der Waals surface area contributed by atoms with E-state index < -0.39 is 0 Å². The lowest BCUT2D eigenvalue weighted by Gasteiger charge is -2.26. The van der Waals surface area contributed by atoms with Crippen LogP contribution in [0.5, 0.6) is 11.5 Å². The average molecular weight is 933 g/mol. The van der Waals surface area contributed by atoms with E-state index in [4.69, 9.17) is 9.47 Å². The predicted molar refractivity (Wildman–Crippen MR) is 297 cm³/mol. The van der Waals surface area contributed by atoms with Gasteiger partial charge >= 0.3 is 0 Å². The zero-order chi connectivity index (χ0) is 47.3. The fourth-order valence-corrected chi connectivity index (χ4v) is 10.7. The summed E-state index contributed by atoms with van der Waals surface area (Å²) in [6.45, 7) is 1.00. The molecule has 5 heteroatoms. The summed E-state index contributed by atoms with van der Waals surface area (Å²) in [7, 11) is 0. The van der Waals surface area contributed by atoms with Crippen molar-refractivity contribution in [1.82, 2.24) is 0 Å². The van der Waals surface area contributed by atoms with E-state index in [1.807, 2.05) is 0 Å². The number of rotatable bonds is 12. The van der Waals surface area contributed by atoms with Gasteiger partial charge in [-0.2, -0.15) is 0 Å². The van der Waals surface area contributed by atoms with Gasteiger partial charge in [0, 0.05) is 34.1 Å². The maximum Gasteiger partial charge on any atom is 0.180 e. The molecule has 12 rings (SSSR count). The van der Waals surface area contributed by atoms with Crippen LogP contribution in [0.15, 0.2) is 267 Å². The Morgan fingerprint density at radius 3 is 0.648 bits per heavy atom. The molecule has 1 aromatic heterocycles. The summed E-state index contributed by atoms with van der Waals surface area (Å²) in [6.07, 6.45) is 0. The molecule has 0 N–H and O–H groups in total. The number of hydrogen-bond donors (Lipinski definition) is 0. The molecule has 0 radical (unpaired) electrons. The number of hydrogen-bond acceptors (Lipinski definition) is 5. The Morgan fingerprint density at radius 2 is 0.423 bits per heavy atom. The number of benzene rings is 10. The van der Waals surface area contributed by atoms with Crippen molar-refractivity contribution in [2.75, 3.05) is 23.0 Å². The molecule has 1 aliphatic rings. The van der Waals surface area contributed by atoms with Crippen LogP contribution in [0.4, 0.5) is 34.1 Å². The summed E-state index contributed by atoms with van der Waals surface area (Å²) in [5.41, 5.74) is 18.1. The standard InChI is InChI=1S/C66H48N2O2S/c1-5-13-47(14-6-1)51-21-33-57(34-22-51)67(58-35-23-52(24-36-58)48-15-7-2-8-16-48)61-41-29-55(30-42-61)65-63-64(70-46-45-69-63)66(71-65)56-31-43-62(44-32-56)68(59-37-25-53(26-38-59)49-17-9-3-10-18-49)60-39-27-54(28-40-60)50-19-11-4-12-20-50/h1-44H,45-46H2. The van der Waals surface area contributed by atoms with Gasteiger partial charge in [0.1, 0.15) is 13.2 Å². The molecule has 0 fully saturated rings. The molecule has 0 bridgehead atoms. The van der Waals surface area contributed by atoms with Gasteiger partial charge in [-0.3, -0.25) is 0 Å². The summed E-state index contributed by atoms with van der Waals surface area (Å²) in [5.74, 6) is 1.60. The second-order valence-electron chi connectivity index (χ2n) is 17.5. The van der Waals surface area contributed by atoms with Crippen molar-refractivity contribution in [3.63, 3.8) is 0 Å². The lowest BCUT2D eigenvalue weighted by atomic mass is 10.0. The molecule has 71 heavy (non-hydrogen) atoms. The smallest absolute Gasteiger partial charge is 0.180 e. The van der Waals surface area contributed by atoms with Crippen LogP contribution in [0.3, 0.4) is 0 Å². The Morgan fingerprint density at radius 1 is 0.225 bits per heavy atom. The molecule has 10 aromatic carbocycles. The molecule has 1 aliphatic heterocycles. The van der Waals surface area contributed by atoms with Gasteiger partial charge in [0.25, 0.3) is 0 Å². The molecule has 0 saturated heterocycles. The van der Waals surface area contributed by atoms with Gasteiger partial charge in [-0.25, -0.2) is 0 Å². The second kappa shape index (κ2) is 19.6. The van der Waals surface area contributed by atoms with Crippen molar-refractivity contribution < 1.29 is 9.47 Å². The van der Waals surface area contributed by atoms with E-state index in [-0.39, 0.29) is 0 Å². The van der Waals surface area contributed by atoms with Gasteiger partial charge in [0.05, 0.1) is 9.75 Å². The Hall–Kier alpha value is -8.90. The van der Waals surface area contributed by atoms with Gasteiger partial charge in [0.15, 0.2) is 11.5 Å². The first-order valence-electron chi connectivity index (χ1n) is 24.1. The molecule has 340 valence electrons. The molecular weight excluding hydrogens is 885 g/mol. The summed E-state index contributed by atoms with van der Waals surface area (Å²) in [5, 5.41) is 0. The highest BCUT2D eigenvalue weighted by Crippen LogP contribution is 2.54. The lowest BCUT2D eigenvalue weighted by Crippen LogP contribution is -2.14. The van der Waals surface area contributed by atoms with Crippen LogP contribution in [0.2, 0.25) is 0 Å². The quantitative estimate of drug-likeness (QED) is 0.122. The molecule has 0 spiro atoms. The molecule has 4 nitrogen and oxygen atoms in total. The molecule has 0 unspecified atom stereocenters. The first kappa shape index (κ1) is 43.4. The number of ether oxygens (including phenoxy) is 2. The third-order valence-corrected chi connectivity index (χ3v) is 14.4. The normalized spacial score (nSPS) is 11.8. The highest BCUT2D eigenvalue weighted by atomic mass is 32.1. The first-order chi connectivity index (χ1) is 35.2. The molecule has 2 heterocycles. The minimum absolute atomic E-state index is 0.500. The highest BCUT2D eigenvalue weighted by Gasteiger charge is 2.27. The summed E-state index contributed by atoms with van der Waals surface area (Å²) in [4.78, 5) is 6.75. The minimum Gasteiger partial charge on any atom is -0.485 e. The van der Waals surface area contributed by atoms with Gasteiger partial charge in [-0.1, -0.05) is 194 Å². The number of nitrogens with zero attached hydrogens (tertiary/aromatic N) is 2. The Labute approximate surface area is 419 Å². The largest absolute Gasteiger partial charge is 0.485 e. The van der Waals surface area contributed by atoms with E-state index in [9.17, 15) is 0 Å². The van der Waals surface area contributed by atoms with Crippen molar-refractivity contribution in [1.29, 1.82) is 0 Å². The fraction of sp³-hybridized carbons (Fsp3) is 0.0303. The monoisotopic (exact) mass is 932 g/mol. The summed E-state index contributed by atoms with van der Waals surface area (Å²) in [6, 6.07) is 95.1. The van der Waals surface area contributed by atoms with E-state index in [1.54, 1.807) is 11.3 Å². The average Bonchev–Trinajstić information content (AvgIpc) is 3.85. The summed E-state index contributed by atoms with van der Waals surface area (Å²) < 4.78 is 12.9. The van der Waals surface area contributed by atoms with Crippen LogP contribution in [-0.2, 0) is 0 Å². The Bertz CT molecular complexity index is 3100. The van der Waals surface area contributed by atoms with Gasteiger partial charge < -0.3 is 19.3 Å². The zero-order valence-corrected chi connectivity index (χ0v) is 39.8. The Kier molecular flexibility index (Phi) is 12.0. The van der Waals surface area contributed by atoms with Gasteiger partial charge in [-0.05, 0) is 128 Å². The van der Waals surface area contributed by atoms with E-state index in [1.165, 1.54) is 44.5 Å². The van der Waals surface area contributed by atoms with Crippen molar-refractivity contribution in [3.05, 3.63) is 267 Å². The van der Waals surface area contributed by atoms with Crippen molar-refractivity contribution in [2.45, 2.75) is 0 Å². The number of fused-ring (bicyclic) bond motifs is 1. The fourth-order valence-electron chi connectivity index (χ4n) is 9.48. The van der Waals surface area contributed by atoms with Crippen LogP contribution in [-0.4, -0.2) is 13.2 Å². The predicted octanol–water partition coefficient (Wildman–Crippen LogP) is 18.5. The molecule has 0 atom stereocenters. The lowest BCUT2D eigenvalue weighted by molar-refractivity contribution is 0.175. The molecule has 0 aliphatic carbocycles. The van der Waals surface area contributed by atoms with Gasteiger partial charge in [0.2, 0.25) is 0 Å². The number of thiophene rings is 1. The van der Waals surface area contributed by atoms with Crippen LogP contribution >= 0.6 is 11.3 Å². The summed E-state index contributed by atoms with van der Waals surface area (Å²) >= 11 is 1.72. The van der Waals surface area contributed by atoms with E-state index in [0.717, 1.165) is 66.5 Å². The van der Waals surface area contributed by atoms with Crippen LogP contribution in [0.1, 0.15) is 0 Å². The molecular formula is C66H48N2O2S. The Balaban J connectivity index is 0.869. The van der Waals surface area contributed by atoms with Crippen molar-refractivity contribution in [3.8, 4) is 76.9 Å². The topological polar surface area (TPSA) is 24.9 Å². The third kappa shape index (κ3) is 8.99. The number of anilines is 6. The van der Waals surface area contributed by atoms with Crippen LogP contribution in [0.25, 0.3) is 65.4 Å². The van der Waals surface area contributed by atoms with Crippen molar-refractivity contribution in [2.24, 2.45) is 0 Å². The van der Waals surface area contributed by atoms with Crippen molar-refractivity contribution >= 4 is 45.5 Å². The van der Waals surface area contributed by atoms with E-state index in [2.05, 4.69) is 277 Å². The van der Waals surface area contributed by atoms with E-state index in [0.29, 0.717) is 13.2 Å². The maximum atomic E-state index is 6.45. The van der Waals surface area contributed by atoms with Gasteiger partial charge in [-0.15, -0.1) is 11.3 Å². The van der Waals surface area contributed by atoms with Crippen LogP contribution in [0, 0.1) is 0 Å². The zero-order valence-electron chi connectivity index (χ0n) is 38.9. The second-order valence-corrected chi connectivity index (χ2v) is 18.6. The van der Waals surface area contributed by atoms with Crippen LogP contribution < -0.4 is 19.3 Å². The first-order valence-corrected chi connectivity index (χ1v) is 24.9. The maximum absolute atomic E-state index is 6.45. The minimum atomic E-state index is 0.500. The molecule has 11 aromatic rings. The molecule has 0 saturated carbocycles.